The summed E-state index contributed by atoms with van der Waals surface area (Å²) in [5.41, 5.74) is 1.89. The fourth-order valence-electron chi connectivity index (χ4n) is 1.12. The summed E-state index contributed by atoms with van der Waals surface area (Å²) in [7, 11) is 0. The average molecular weight is 158 g/mol. The molecule has 12 heavy (non-hydrogen) atoms. The van der Waals surface area contributed by atoms with Crippen LogP contribution in [0.25, 0.3) is 10.5 Å². The first-order chi connectivity index (χ1) is 5.83. The lowest BCUT2D eigenvalue weighted by Gasteiger charge is -1.88. The Balaban J connectivity index is 2.93. The molecule has 58 valence electrons. The third-order valence-corrected chi connectivity index (χ3v) is 1.65. The van der Waals surface area contributed by atoms with Crippen molar-refractivity contribution in [1.29, 1.82) is 0 Å². The van der Waals surface area contributed by atoms with Crippen LogP contribution in [0.2, 0.25) is 0 Å². The van der Waals surface area contributed by atoms with Crippen LogP contribution in [0.4, 0.5) is 5.69 Å². The molecule has 0 saturated carbocycles. The molecule has 0 radical (unpaired) electrons. The van der Waals surface area contributed by atoms with Crippen molar-refractivity contribution in [3.63, 3.8) is 0 Å². The van der Waals surface area contributed by atoms with E-state index in [4.69, 9.17) is 6.57 Å². The van der Waals surface area contributed by atoms with Gasteiger partial charge in [-0.3, -0.25) is 0 Å². The predicted molar refractivity (Wildman–Crippen MR) is 44.0 cm³/mol. The van der Waals surface area contributed by atoms with Gasteiger partial charge in [-0.05, 0) is 13.0 Å². The van der Waals surface area contributed by atoms with Gasteiger partial charge in [0.25, 0.3) is 5.69 Å². The number of nitrogens with zero attached hydrogens (tertiary/aromatic N) is 4. The van der Waals surface area contributed by atoms with Crippen molar-refractivity contribution in [2.75, 3.05) is 0 Å². The van der Waals surface area contributed by atoms with Crippen LogP contribution in [0.1, 0.15) is 5.69 Å². The van der Waals surface area contributed by atoms with E-state index in [9.17, 15) is 0 Å². The number of rotatable bonds is 0. The van der Waals surface area contributed by atoms with Crippen LogP contribution in [-0.4, -0.2) is 14.6 Å². The second-order valence-electron chi connectivity index (χ2n) is 2.43. The van der Waals surface area contributed by atoms with E-state index in [1.54, 1.807) is 23.0 Å². The predicted octanol–water partition coefficient (Wildman–Crippen LogP) is 1.59. The molecule has 0 saturated heterocycles. The molecular formula is C8H6N4. The second-order valence-corrected chi connectivity index (χ2v) is 2.43. The summed E-state index contributed by atoms with van der Waals surface area (Å²) in [5, 5.41) is 4.12. The van der Waals surface area contributed by atoms with E-state index in [2.05, 4.69) is 14.9 Å². The maximum absolute atomic E-state index is 6.91. The van der Waals surface area contributed by atoms with Crippen molar-refractivity contribution < 1.29 is 0 Å². The lowest BCUT2D eigenvalue weighted by Crippen LogP contribution is -1.86. The fourth-order valence-corrected chi connectivity index (χ4v) is 1.12. The molecule has 0 atom stereocenters. The molecule has 0 bridgehead atoms. The van der Waals surface area contributed by atoms with E-state index in [-0.39, 0.29) is 0 Å². The molecule has 0 fully saturated rings. The Labute approximate surface area is 69.3 Å². The highest BCUT2D eigenvalue weighted by atomic mass is 15.3. The monoisotopic (exact) mass is 158 g/mol. The average Bonchev–Trinajstić information content (AvgIpc) is 2.40. The van der Waals surface area contributed by atoms with Crippen molar-refractivity contribution in [2.24, 2.45) is 0 Å². The largest absolute Gasteiger partial charge is 0.253 e. The van der Waals surface area contributed by atoms with Gasteiger partial charge >= 0.3 is 0 Å². The molecule has 0 N–H and O–H groups in total. The smallest absolute Gasteiger partial charge is 0.249 e. The highest BCUT2D eigenvalue weighted by Crippen LogP contribution is 2.21. The van der Waals surface area contributed by atoms with Gasteiger partial charge in [-0.1, -0.05) is 0 Å². The second kappa shape index (κ2) is 2.31. The summed E-state index contributed by atoms with van der Waals surface area (Å²) in [6.07, 6.45) is 3.44. The molecule has 2 heterocycles. The van der Waals surface area contributed by atoms with Crippen molar-refractivity contribution in [1.82, 2.24) is 14.6 Å². The number of aromatic nitrogens is 3. The van der Waals surface area contributed by atoms with Crippen molar-refractivity contribution in [3.8, 4) is 0 Å². The van der Waals surface area contributed by atoms with Gasteiger partial charge < -0.3 is 0 Å². The molecule has 2 aromatic rings. The minimum atomic E-state index is 0.538. The molecule has 0 aliphatic rings. The van der Waals surface area contributed by atoms with Gasteiger partial charge in [0.05, 0.1) is 12.3 Å². The SMILES string of the molecule is [C-]#[N+]c1c(C)nn2cccnc12. The maximum Gasteiger partial charge on any atom is 0.253 e. The quantitative estimate of drug-likeness (QED) is 0.545. The number of fused-ring (bicyclic) bond motifs is 1. The van der Waals surface area contributed by atoms with E-state index >= 15 is 0 Å². The summed E-state index contributed by atoms with van der Waals surface area (Å²) in [5.74, 6) is 0. The molecule has 0 aliphatic carbocycles. The van der Waals surface area contributed by atoms with Crippen molar-refractivity contribution in [2.45, 2.75) is 6.92 Å². The summed E-state index contributed by atoms with van der Waals surface area (Å²) < 4.78 is 1.61. The van der Waals surface area contributed by atoms with Gasteiger partial charge in [0.15, 0.2) is 5.65 Å². The summed E-state index contributed by atoms with van der Waals surface area (Å²) in [6.45, 7) is 8.72. The lowest BCUT2D eigenvalue weighted by molar-refractivity contribution is 0.917. The van der Waals surface area contributed by atoms with Gasteiger partial charge in [-0.15, -0.1) is 0 Å². The highest BCUT2D eigenvalue weighted by molar-refractivity contribution is 5.70. The Morgan fingerprint density at radius 3 is 3.17 bits per heavy atom. The normalized spacial score (nSPS) is 10.0. The van der Waals surface area contributed by atoms with E-state index in [1.165, 1.54) is 0 Å². The Bertz CT molecular complexity index is 463. The van der Waals surface area contributed by atoms with Gasteiger partial charge in [-0.2, -0.15) is 5.10 Å². The van der Waals surface area contributed by atoms with Gasteiger partial charge in [-0.25, -0.2) is 14.3 Å². The first-order valence-corrected chi connectivity index (χ1v) is 3.50. The van der Waals surface area contributed by atoms with Crippen LogP contribution < -0.4 is 0 Å². The minimum absolute atomic E-state index is 0.538. The molecule has 0 amide bonds. The van der Waals surface area contributed by atoms with Gasteiger partial charge in [0.2, 0.25) is 0 Å². The zero-order valence-electron chi connectivity index (χ0n) is 6.52. The summed E-state index contributed by atoms with van der Waals surface area (Å²) in [4.78, 5) is 7.42. The summed E-state index contributed by atoms with van der Waals surface area (Å²) >= 11 is 0. The van der Waals surface area contributed by atoms with Crippen LogP contribution in [-0.2, 0) is 0 Å². The topological polar surface area (TPSA) is 34.5 Å². The molecule has 0 unspecified atom stereocenters. The molecule has 2 rings (SSSR count). The van der Waals surface area contributed by atoms with Crippen LogP contribution in [0.5, 0.6) is 0 Å². The molecule has 0 aromatic carbocycles. The highest BCUT2D eigenvalue weighted by Gasteiger charge is 2.08. The van der Waals surface area contributed by atoms with E-state index < -0.39 is 0 Å². The third-order valence-electron chi connectivity index (χ3n) is 1.65. The van der Waals surface area contributed by atoms with Crippen LogP contribution >= 0.6 is 0 Å². The van der Waals surface area contributed by atoms with Gasteiger partial charge in [0, 0.05) is 12.4 Å². The zero-order valence-corrected chi connectivity index (χ0v) is 6.52. The first kappa shape index (κ1) is 6.80. The Kier molecular flexibility index (Phi) is 1.31. The van der Waals surface area contributed by atoms with Crippen LogP contribution in [0.15, 0.2) is 18.5 Å². The minimum Gasteiger partial charge on any atom is -0.249 e. The number of hydrogen-bond donors (Lipinski definition) is 0. The van der Waals surface area contributed by atoms with Crippen LogP contribution in [0.3, 0.4) is 0 Å². The van der Waals surface area contributed by atoms with Crippen LogP contribution in [0, 0.1) is 13.5 Å². The van der Waals surface area contributed by atoms with Crippen molar-refractivity contribution >= 4 is 11.3 Å². The van der Waals surface area contributed by atoms with E-state index in [1.807, 2.05) is 6.92 Å². The molecular weight excluding hydrogens is 152 g/mol. The van der Waals surface area contributed by atoms with Crippen molar-refractivity contribution in [3.05, 3.63) is 35.6 Å². The number of hydrogen-bond acceptors (Lipinski definition) is 2. The summed E-state index contributed by atoms with van der Waals surface area (Å²) in [6, 6.07) is 1.78. The molecule has 0 aliphatic heterocycles. The zero-order chi connectivity index (χ0) is 8.55. The Hall–Kier alpha value is -1.89. The third kappa shape index (κ3) is 0.768. The molecule has 4 heteroatoms. The van der Waals surface area contributed by atoms with Gasteiger partial charge in [0.1, 0.15) is 0 Å². The Morgan fingerprint density at radius 2 is 2.42 bits per heavy atom. The number of aryl methyl sites for hydroxylation is 1. The fraction of sp³-hybridized carbons (Fsp3) is 0.125. The molecule has 4 nitrogen and oxygen atoms in total. The Morgan fingerprint density at radius 1 is 1.58 bits per heavy atom. The lowest BCUT2D eigenvalue weighted by atomic mass is 10.4. The van der Waals surface area contributed by atoms with E-state index in [0.717, 1.165) is 5.69 Å². The van der Waals surface area contributed by atoms with E-state index in [0.29, 0.717) is 11.3 Å². The standard InChI is InChI=1S/C8H6N4/c1-6-7(9-2)8-10-4-3-5-12(8)11-6/h3-5H,1H3. The first-order valence-electron chi connectivity index (χ1n) is 3.50. The maximum atomic E-state index is 6.91. The molecule has 0 spiro atoms. The molecule has 2 aromatic heterocycles.